The van der Waals surface area contributed by atoms with Crippen LogP contribution in [0.5, 0.6) is 0 Å². The number of carbonyl (C=O) groups is 4. The summed E-state index contributed by atoms with van der Waals surface area (Å²) in [7, 11) is -9.91. The first-order chi connectivity index (χ1) is 46.0. The highest BCUT2D eigenvalue weighted by Gasteiger charge is 2.30. The maximum absolute atomic E-state index is 13.1. The van der Waals surface area contributed by atoms with E-state index in [9.17, 15) is 43.2 Å². The third-order valence-electron chi connectivity index (χ3n) is 17.8. The highest BCUT2D eigenvalue weighted by atomic mass is 31.2. The average molecular weight is 1400 g/mol. The van der Waals surface area contributed by atoms with Crippen LogP contribution >= 0.6 is 15.6 Å². The number of unbranched alkanes of at least 4 members (excludes halogenated alkanes) is 48. The van der Waals surface area contributed by atoms with Crippen LogP contribution in [0.15, 0.2) is 0 Å². The maximum atomic E-state index is 13.1. The lowest BCUT2D eigenvalue weighted by Gasteiger charge is -2.21. The molecule has 0 aliphatic carbocycles. The number of esters is 4. The smallest absolute Gasteiger partial charge is 0.462 e. The van der Waals surface area contributed by atoms with E-state index < -0.39 is 97.5 Å². The molecule has 0 saturated heterocycles. The summed E-state index contributed by atoms with van der Waals surface area (Å²) in [6, 6.07) is 0. The van der Waals surface area contributed by atoms with Gasteiger partial charge in [-0.2, -0.15) is 0 Å². The molecule has 95 heavy (non-hydrogen) atoms. The molecule has 0 radical (unpaired) electrons. The number of phosphoric ester groups is 2. The van der Waals surface area contributed by atoms with E-state index in [0.717, 1.165) is 95.8 Å². The molecule has 564 valence electrons. The molecule has 0 spiro atoms. The number of ether oxygens (including phenoxy) is 4. The molecule has 0 aromatic carbocycles. The van der Waals surface area contributed by atoms with Gasteiger partial charge in [0, 0.05) is 25.7 Å². The molecule has 17 nitrogen and oxygen atoms in total. The van der Waals surface area contributed by atoms with E-state index in [2.05, 4.69) is 34.6 Å². The zero-order chi connectivity index (χ0) is 69.8. The van der Waals surface area contributed by atoms with Crippen LogP contribution in [0.1, 0.15) is 401 Å². The minimum Gasteiger partial charge on any atom is -0.462 e. The third-order valence-corrected chi connectivity index (χ3v) is 19.7. The molecule has 0 fully saturated rings. The predicted molar refractivity (Wildman–Crippen MR) is 386 cm³/mol. The van der Waals surface area contributed by atoms with Crippen molar-refractivity contribution in [2.75, 3.05) is 39.6 Å². The molecule has 3 N–H and O–H groups in total. The van der Waals surface area contributed by atoms with Crippen molar-refractivity contribution in [2.24, 2.45) is 5.92 Å². The normalized spacial score (nSPS) is 13.9. The van der Waals surface area contributed by atoms with Crippen LogP contribution in [0.25, 0.3) is 0 Å². The van der Waals surface area contributed by atoms with Gasteiger partial charge in [-0.05, 0) is 31.6 Å². The molecule has 19 heteroatoms. The van der Waals surface area contributed by atoms with Gasteiger partial charge in [0.25, 0.3) is 0 Å². The van der Waals surface area contributed by atoms with Gasteiger partial charge in [-0.3, -0.25) is 37.3 Å². The lowest BCUT2D eigenvalue weighted by atomic mass is 10.0. The zero-order valence-corrected chi connectivity index (χ0v) is 63.6. The van der Waals surface area contributed by atoms with E-state index in [1.807, 2.05) is 0 Å². The lowest BCUT2D eigenvalue weighted by Crippen LogP contribution is -2.30. The number of rotatable bonds is 76. The molecule has 0 aromatic heterocycles. The first-order valence-corrected chi connectivity index (χ1v) is 42.6. The minimum atomic E-state index is -4.96. The second-order valence-electron chi connectivity index (χ2n) is 27.9. The molecule has 0 aliphatic heterocycles. The Morgan fingerprint density at radius 3 is 0.716 bits per heavy atom. The first kappa shape index (κ1) is 93.1. The highest BCUT2D eigenvalue weighted by Crippen LogP contribution is 2.45. The van der Waals surface area contributed by atoms with Crippen molar-refractivity contribution in [3.8, 4) is 0 Å². The molecule has 0 rings (SSSR count). The van der Waals surface area contributed by atoms with Crippen LogP contribution < -0.4 is 0 Å². The van der Waals surface area contributed by atoms with Gasteiger partial charge in [-0.15, -0.1) is 0 Å². The third kappa shape index (κ3) is 70.3. The van der Waals surface area contributed by atoms with Gasteiger partial charge < -0.3 is 33.8 Å². The standard InChI is InChI=1S/C76H148O17P2/c1-6-9-12-15-18-21-23-25-27-29-31-37-42-47-52-57-62-76(81)93-72(66-87-74(79)60-55-50-45-40-35-33-32-34-39-43-48-53-58-69(4)5)68-91-95(84,85)89-64-70(77)63-88-94(82,83)90-67-71(65-86-73(78)59-54-49-44-38-20-17-14-11-8-3)92-75(80)61-56-51-46-41-36-30-28-26-24-22-19-16-13-10-7-2/h69-72,77H,6-68H2,1-5H3,(H,82,83)(H,84,85)/t70-,71+,72+/m0/s1. The molecule has 0 aromatic rings. The van der Waals surface area contributed by atoms with Crippen LogP contribution in [0.4, 0.5) is 0 Å². The van der Waals surface area contributed by atoms with Gasteiger partial charge in [0.15, 0.2) is 12.2 Å². The quantitative estimate of drug-likeness (QED) is 0.0222. The molecular weight excluding hydrogens is 1250 g/mol. The highest BCUT2D eigenvalue weighted by molar-refractivity contribution is 7.47. The van der Waals surface area contributed by atoms with Crippen LogP contribution in [0.3, 0.4) is 0 Å². The SMILES string of the molecule is CCCCCCCCCCCCCCCCCCC(=O)O[C@H](COC(=O)CCCCCCCCCCCCCCC(C)C)COP(=O)(O)OC[C@@H](O)COP(=O)(O)OC[C@@H](COC(=O)CCCCCCCCCCC)OC(=O)CCCCCCCCCCCCCCCCC. The Kier molecular flexibility index (Phi) is 67.7. The summed E-state index contributed by atoms with van der Waals surface area (Å²) in [6.07, 6.45) is 58.1. The second kappa shape index (κ2) is 69.2. The second-order valence-corrected chi connectivity index (χ2v) is 30.8. The molecule has 0 saturated carbocycles. The van der Waals surface area contributed by atoms with E-state index in [1.54, 1.807) is 0 Å². The predicted octanol–water partition coefficient (Wildman–Crippen LogP) is 22.5. The molecule has 0 heterocycles. The van der Waals surface area contributed by atoms with Gasteiger partial charge in [0.1, 0.15) is 19.3 Å². The van der Waals surface area contributed by atoms with Crippen LogP contribution in [0.2, 0.25) is 0 Å². The Morgan fingerprint density at radius 2 is 0.484 bits per heavy atom. The summed E-state index contributed by atoms with van der Waals surface area (Å²) in [6.45, 7) is 7.30. The van der Waals surface area contributed by atoms with Crippen molar-refractivity contribution in [3.63, 3.8) is 0 Å². The summed E-state index contributed by atoms with van der Waals surface area (Å²) >= 11 is 0. The Bertz CT molecular complexity index is 1820. The number of aliphatic hydroxyl groups excluding tert-OH is 1. The average Bonchev–Trinajstić information content (AvgIpc) is 1.60. The van der Waals surface area contributed by atoms with Crippen LogP contribution in [-0.2, 0) is 65.4 Å². The summed E-state index contributed by atoms with van der Waals surface area (Å²) < 4.78 is 68.5. The van der Waals surface area contributed by atoms with Crippen LogP contribution in [-0.4, -0.2) is 96.7 Å². The topological polar surface area (TPSA) is 237 Å². The number of phosphoric acid groups is 2. The van der Waals surface area contributed by atoms with E-state index in [0.29, 0.717) is 25.7 Å². The van der Waals surface area contributed by atoms with E-state index >= 15 is 0 Å². The molecule has 2 unspecified atom stereocenters. The molecule has 0 aliphatic rings. The lowest BCUT2D eigenvalue weighted by molar-refractivity contribution is -0.161. The van der Waals surface area contributed by atoms with E-state index in [1.165, 1.54) is 225 Å². The van der Waals surface area contributed by atoms with Gasteiger partial charge in [0.2, 0.25) is 0 Å². The Balaban J connectivity index is 5.23. The van der Waals surface area contributed by atoms with Gasteiger partial charge >= 0.3 is 39.5 Å². The van der Waals surface area contributed by atoms with Crippen molar-refractivity contribution >= 4 is 39.5 Å². The maximum Gasteiger partial charge on any atom is 0.472 e. The summed E-state index contributed by atoms with van der Waals surface area (Å²) in [5.41, 5.74) is 0. The molecule has 5 atom stereocenters. The molecule has 0 amide bonds. The summed E-state index contributed by atoms with van der Waals surface area (Å²) in [5.74, 6) is -1.33. The Morgan fingerprint density at radius 1 is 0.284 bits per heavy atom. The summed E-state index contributed by atoms with van der Waals surface area (Å²) in [4.78, 5) is 72.8. The van der Waals surface area contributed by atoms with Crippen molar-refractivity contribution in [1.82, 2.24) is 0 Å². The first-order valence-electron chi connectivity index (χ1n) is 39.6. The van der Waals surface area contributed by atoms with Gasteiger partial charge in [-0.25, -0.2) is 9.13 Å². The van der Waals surface area contributed by atoms with Gasteiger partial charge in [-0.1, -0.05) is 349 Å². The van der Waals surface area contributed by atoms with Crippen molar-refractivity contribution in [3.05, 3.63) is 0 Å². The fourth-order valence-electron chi connectivity index (χ4n) is 11.7. The number of hydrogen-bond donors (Lipinski definition) is 3. The Hall–Kier alpha value is -1.94. The largest absolute Gasteiger partial charge is 0.472 e. The Labute approximate surface area is 581 Å². The van der Waals surface area contributed by atoms with E-state index in [4.69, 9.17) is 37.0 Å². The number of carbonyl (C=O) groups excluding carboxylic acids is 4. The minimum absolute atomic E-state index is 0.108. The van der Waals surface area contributed by atoms with Crippen LogP contribution in [0, 0.1) is 5.92 Å². The summed E-state index contributed by atoms with van der Waals surface area (Å²) in [5, 5.41) is 10.6. The number of hydrogen-bond acceptors (Lipinski definition) is 15. The monoisotopic (exact) mass is 1400 g/mol. The van der Waals surface area contributed by atoms with Crippen molar-refractivity contribution in [1.29, 1.82) is 0 Å². The molecule has 0 bridgehead atoms. The number of aliphatic hydroxyl groups is 1. The molecular formula is C76H148O17P2. The fraction of sp³-hybridized carbons (Fsp3) is 0.947. The van der Waals surface area contributed by atoms with Crippen molar-refractivity contribution in [2.45, 2.75) is 419 Å². The zero-order valence-electron chi connectivity index (χ0n) is 61.8. The fourth-order valence-corrected chi connectivity index (χ4v) is 13.3. The van der Waals surface area contributed by atoms with E-state index in [-0.39, 0.29) is 25.7 Å². The van der Waals surface area contributed by atoms with Gasteiger partial charge in [0.05, 0.1) is 26.4 Å². The van der Waals surface area contributed by atoms with Crippen molar-refractivity contribution < 1.29 is 80.2 Å².